The molecule has 1 heterocycles. The van der Waals surface area contributed by atoms with Crippen molar-refractivity contribution in [2.75, 3.05) is 20.3 Å². The quantitative estimate of drug-likeness (QED) is 0.757. The van der Waals surface area contributed by atoms with Crippen LogP contribution in [0.5, 0.6) is 11.6 Å². The van der Waals surface area contributed by atoms with Gasteiger partial charge in [0.05, 0.1) is 6.61 Å². The van der Waals surface area contributed by atoms with E-state index >= 15 is 0 Å². The van der Waals surface area contributed by atoms with Crippen molar-refractivity contribution in [1.29, 1.82) is 0 Å². The number of pyridine rings is 1. The monoisotopic (exact) mass is 286 g/mol. The largest absolute Gasteiger partial charge is 0.438 e. The number of ether oxygens (including phenoxy) is 2. The molecule has 0 aliphatic rings. The van der Waals surface area contributed by atoms with E-state index in [0.29, 0.717) is 19.0 Å². The number of para-hydroxylation sites is 1. The van der Waals surface area contributed by atoms with Crippen LogP contribution < -0.4 is 10.1 Å². The molecule has 0 fully saturated rings. The van der Waals surface area contributed by atoms with Gasteiger partial charge in [0.25, 0.3) is 0 Å². The second-order valence-electron chi connectivity index (χ2n) is 4.70. The number of rotatable bonds is 8. The van der Waals surface area contributed by atoms with Gasteiger partial charge in [-0.3, -0.25) is 0 Å². The van der Waals surface area contributed by atoms with Gasteiger partial charge in [0.15, 0.2) is 0 Å². The number of hydrogen-bond donors (Lipinski definition) is 1. The molecule has 4 heteroatoms. The first-order valence-corrected chi connectivity index (χ1v) is 7.24. The predicted molar refractivity (Wildman–Crippen MR) is 83.7 cm³/mol. The minimum Gasteiger partial charge on any atom is -0.438 e. The van der Waals surface area contributed by atoms with Gasteiger partial charge in [0.2, 0.25) is 5.88 Å². The zero-order valence-electron chi connectivity index (χ0n) is 12.6. The second-order valence-corrected chi connectivity index (χ2v) is 4.70. The second kappa shape index (κ2) is 8.39. The molecular formula is C17H22N2O2. The molecule has 4 nitrogen and oxygen atoms in total. The molecule has 112 valence electrons. The molecule has 0 amide bonds. The first-order chi connectivity index (χ1) is 10.3. The Bertz CT molecular complexity index is 558. The number of aryl methyl sites for hydroxylation is 1. The van der Waals surface area contributed by atoms with Crippen molar-refractivity contribution in [3.8, 4) is 11.6 Å². The third kappa shape index (κ3) is 4.55. The van der Waals surface area contributed by atoms with Gasteiger partial charge in [0, 0.05) is 32.0 Å². The lowest BCUT2D eigenvalue weighted by atomic mass is 10.1. The van der Waals surface area contributed by atoms with Crippen LogP contribution >= 0.6 is 0 Å². The van der Waals surface area contributed by atoms with Crippen molar-refractivity contribution in [2.45, 2.75) is 19.9 Å². The molecular weight excluding hydrogens is 264 g/mol. The SMILES string of the molecule is CCc1ccccc1Oc1ncccc1CNCCOC. The highest BCUT2D eigenvalue weighted by Gasteiger charge is 2.08. The van der Waals surface area contributed by atoms with Gasteiger partial charge in [-0.25, -0.2) is 4.98 Å². The third-order valence-corrected chi connectivity index (χ3v) is 3.21. The number of nitrogens with zero attached hydrogens (tertiary/aromatic N) is 1. The van der Waals surface area contributed by atoms with E-state index in [9.17, 15) is 0 Å². The summed E-state index contributed by atoms with van der Waals surface area (Å²) < 4.78 is 11.0. The summed E-state index contributed by atoms with van der Waals surface area (Å²) in [6.07, 6.45) is 2.69. The summed E-state index contributed by atoms with van der Waals surface area (Å²) >= 11 is 0. The van der Waals surface area contributed by atoms with Crippen LogP contribution in [-0.2, 0) is 17.7 Å². The van der Waals surface area contributed by atoms with Crippen LogP contribution in [0, 0.1) is 0 Å². The zero-order chi connectivity index (χ0) is 14.9. The molecule has 0 spiro atoms. The summed E-state index contributed by atoms with van der Waals surface area (Å²) in [7, 11) is 1.70. The van der Waals surface area contributed by atoms with Gasteiger partial charge in [-0.15, -0.1) is 0 Å². The van der Waals surface area contributed by atoms with Crippen molar-refractivity contribution in [3.05, 3.63) is 53.7 Å². The highest BCUT2D eigenvalue weighted by atomic mass is 16.5. The summed E-state index contributed by atoms with van der Waals surface area (Å²) in [4.78, 5) is 4.35. The molecule has 2 rings (SSSR count). The van der Waals surface area contributed by atoms with Crippen molar-refractivity contribution in [3.63, 3.8) is 0 Å². The summed E-state index contributed by atoms with van der Waals surface area (Å²) in [5.74, 6) is 1.53. The Morgan fingerprint density at radius 1 is 1.10 bits per heavy atom. The van der Waals surface area contributed by atoms with Crippen molar-refractivity contribution in [2.24, 2.45) is 0 Å². The normalized spacial score (nSPS) is 10.6. The lowest BCUT2D eigenvalue weighted by Gasteiger charge is -2.12. The van der Waals surface area contributed by atoms with E-state index in [-0.39, 0.29) is 0 Å². The number of aromatic nitrogens is 1. The lowest BCUT2D eigenvalue weighted by Crippen LogP contribution is -2.19. The smallest absolute Gasteiger partial charge is 0.223 e. The Morgan fingerprint density at radius 2 is 1.90 bits per heavy atom. The van der Waals surface area contributed by atoms with E-state index in [2.05, 4.69) is 23.3 Å². The Hall–Kier alpha value is -1.91. The first-order valence-electron chi connectivity index (χ1n) is 7.24. The highest BCUT2D eigenvalue weighted by molar-refractivity contribution is 5.38. The standard InChI is InChI=1S/C17H22N2O2/c1-3-14-7-4-5-9-16(14)21-17-15(8-6-10-19-17)13-18-11-12-20-2/h4-10,18H,3,11-13H2,1-2H3. The van der Waals surface area contributed by atoms with E-state index in [4.69, 9.17) is 9.47 Å². The van der Waals surface area contributed by atoms with Crippen LogP contribution in [0.4, 0.5) is 0 Å². The van der Waals surface area contributed by atoms with E-state index in [1.54, 1.807) is 13.3 Å². The fourth-order valence-electron chi connectivity index (χ4n) is 2.05. The van der Waals surface area contributed by atoms with Crippen LogP contribution in [0.25, 0.3) is 0 Å². The molecule has 2 aromatic rings. The van der Waals surface area contributed by atoms with Crippen LogP contribution in [0.15, 0.2) is 42.6 Å². The minimum atomic E-state index is 0.656. The molecule has 1 N–H and O–H groups in total. The molecule has 1 aromatic heterocycles. The first kappa shape index (κ1) is 15.5. The van der Waals surface area contributed by atoms with Gasteiger partial charge in [0.1, 0.15) is 5.75 Å². The van der Waals surface area contributed by atoms with Crippen LogP contribution in [0.3, 0.4) is 0 Å². The van der Waals surface area contributed by atoms with E-state index in [1.807, 2.05) is 30.3 Å². The molecule has 0 saturated heterocycles. The van der Waals surface area contributed by atoms with Gasteiger partial charge in [-0.2, -0.15) is 0 Å². The Kier molecular flexibility index (Phi) is 6.19. The molecule has 0 unspecified atom stereocenters. The predicted octanol–water partition coefficient (Wildman–Crippen LogP) is 3.17. The number of nitrogens with one attached hydrogen (secondary N) is 1. The molecule has 0 saturated carbocycles. The van der Waals surface area contributed by atoms with Gasteiger partial charge < -0.3 is 14.8 Å². The van der Waals surface area contributed by atoms with E-state index in [1.165, 1.54) is 5.56 Å². The Balaban J connectivity index is 2.09. The van der Waals surface area contributed by atoms with Crippen molar-refractivity contribution in [1.82, 2.24) is 10.3 Å². The number of benzene rings is 1. The third-order valence-electron chi connectivity index (χ3n) is 3.21. The lowest BCUT2D eigenvalue weighted by molar-refractivity contribution is 0.199. The molecule has 0 bridgehead atoms. The van der Waals surface area contributed by atoms with Gasteiger partial charge >= 0.3 is 0 Å². The van der Waals surface area contributed by atoms with Gasteiger partial charge in [-0.1, -0.05) is 31.2 Å². The van der Waals surface area contributed by atoms with Crippen LogP contribution in [-0.4, -0.2) is 25.2 Å². The fourth-order valence-corrected chi connectivity index (χ4v) is 2.05. The average Bonchev–Trinajstić information content (AvgIpc) is 2.53. The topological polar surface area (TPSA) is 43.4 Å². The highest BCUT2D eigenvalue weighted by Crippen LogP contribution is 2.26. The summed E-state index contributed by atoms with van der Waals surface area (Å²) in [5.41, 5.74) is 2.22. The average molecular weight is 286 g/mol. The fraction of sp³-hybridized carbons (Fsp3) is 0.353. The van der Waals surface area contributed by atoms with E-state index < -0.39 is 0 Å². The van der Waals surface area contributed by atoms with Gasteiger partial charge in [-0.05, 0) is 24.1 Å². The number of methoxy groups -OCH3 is 1. The molecule has 0 atom stereocenters. The minimum absolute atomic E-state index is 0.656. The molecule has 0 aliphatic heterocycles. The summed E-state index contributed by atoms with van der Waals surface area (Å²) in [5, 5.41) is 3.31. The van der Waals surface area contributed by atoms with Crippen molar-refractivity contribution >= 4 is 0 Å². The maximum absolute atomic E-state index is 6.01. The Morgan fingerprint density at radius 3 is 2.71 bits per heavy atom. The van der Waals surface area contributed by atoms with Crippen LogP contribution in [0.1, 0.15) is 18.1 Å². The zero-order valence-corrected chi connectivity index (χ0v) is 12.6. The van der Waals surface area contributed by atoms with E-state index in [0.717, 1.165) is 24.3 Å². The molecule has 0 radical (unpaired) electrons. The molecule has 1 aromatic carbocycles. The molecule has 0 aliphatic carbocycles. The number of hydrogen-bond acceptors (Lipinski definition) is 4. The van der Waals surface area contributed by atoms with Crippen molar-refractivity contribution < 1.29 is 9.47 Å². The van der Waals surface area contributed by atoms with Crippen LogP contribution in [0.2, 0.25) is 0 Å². The molecule has 21 heavy (non-hydrogen) atoms. The summed E-state index contributed by atoms with van der Waals surface area (Å²) in [6.45, 7) is 4.32. The maximum Gasteiger partial charge on any atom is 0.223 e. The maximum atomic E-state index is 6.01. The summed E-state index contributed by atoms with van der Waals surface area (Å²) in [6, 6.07) is 12.0. The Labute approximate surface area is 126 Å².